The van der Waals surface area contributed by atoms with Crippen LogP contribution in [0.3, 0.4) is 0 Å². The van der Waals surface area contributed by atoms with Crippen molar-refractivity contribution in [2.75, 3.05) is 7.05 Å². The molecule has 108 valence electrons. The SMILES string of the molecule is CCn1ccc(CN(C)C(=O)C(C)n2ccc(C)n2)n1. The Hall–Kier alpha value is -2.11. The van der Waals surface area contributed by atoms with Gasteiger partial charge in [-0.05, 0) is 32.9 Å². The molecule has 0 N–H and O–H groups in total. The summed E-state index contributed by atoms with van der Waals surface area (Å²) in [5.41, 5.74) is 1.81. The molecule has 0 aliphatic heterocycles. The minimum Gasteiger partial charge on any atom is -0.338 e. The number of aromatic nitrogens is 4. The maximum absolute atomic E-state index is 12.4. The fourth-order valence-corrected chi connectivity index (χ4v) is 2.07. The molecule has 1 amide bonds. The van der Waals surface area contributed by atoms with Crippen LogP contribution in [0.1, 0.15) is 31.3 Å². The Bertz CT molecular complexity index is 586. The van der Waals surface area contributed by atoms with Gasteiger partial charge >= 0.3 is 0 Å². The van der Waals surface area contributed by atoms with E-state index in [-0.39, 0.29) is 11.9 Å². The molecule has 0 aliphatic carbocycles. The summed E-state index contributed by atoms with van der Waals surface area (Å²) < 4.78 is 3.55. The van der Waals surface area contributed by atoms with Crippen LogP contribution in [-0.2, 0) is 17.9 Å². The predicted octanol–water partition coefficient (Wildman–Crippen LogP) is 1.63. The van der Waals surface area contributed by atoms with Gasteiger partial charge in [0.25, 0.3) is 0 Å². The van der Waals surface area contributed by atoms with Crippen molar-refractivity contribution in [2.45, 2.75) is 39.9 Å². The highest BCUT2D eigenvalue weighted by Gasteiger charge is 2.20. The van der Waals surface area contributed by atoms with E-state index in [1.54, 1.807) is 16.6 Å². The van der Waals surface area contributed by atoms with Gasteiger partial charge in [-0.15, -0.1) is 0 Å². The quantitative estimate of drug-likeness (QED) is 0.833. The molecule has 20 heavy (non-hydrogen) atoms. The number of likely N-dealkylation sites (N-methyl/N-ethyl adjacent to an activating group) is 1. The van der Waals surface area contributed by atoms with Crippen molar-refractivity contribution in [2.24, 2.45) is 0 Å². The first-order valence-electron chi connectivity index (χ1n) is 6.80. The Morgan fingerprint density at radius 3 is 2.65 bits per heavy atom. The minimum absolute atomic E-state index is 0.0270. The van der Waals surface area contributed by atoms with Gasteiger partial charge in [0.2, 0.25) is 5.91 Å². The third-order valence-corrected chi connectivity index (χ3v) is 3.29. The molecule has 6 heteroatoms. The second kappa shape index (κ2) is 5.90. The zero-order valence-corrected chi connectivity index (χ0v) is 12.4. The maximum atomic E-state index is 12.4. The van der Waals surface area contributed by atoms with Gasteiger partial charge in [-0.1, -0.05) is 0 Å². The van der Waals surface area contributed by atoms with E-state index in [4.69, 9.17) is 0 Å². The van der Waals surface area contributed by atoms with Crippen LogP contribution in [0.15, 0.2) is 24.5 Å². The van der Waals surface area contributed by atoms with E-state index in [9.17, 15) is 4.79 Å². The van der Waals surface area contributed by atoms with E-state index in [1.165, 1.54) is 0 Å². The second-order valence-corrected chi connectivity index (χ2v) is 4.97. The van der Waals surface area contributed by atoms with E-state index in [0.29, 0.717) is 6.54 Å². The van der Waals surface area contributed by atoms with Crippen LogP contribution in [-0.4, -0.2) is 37.4 Å². The fraction of sp³-hybridized carbons (Fsp3) is 0.500. The number of amides is 1. The largest absolute Gasteiger partial charge is 0.338 e. The second-order valence-electron chi connectivity index (χ2n) is 4.97. The van der Waals surface area contributed by atoms with Crippen molar-refractivity contribution in [3.63, 3.8) is 0 Å². The molecule has 0 radical (unpaired) electrons. The molecule has 0 saturated heterocycles. The highest BCUT2D eigenvalue weighted by atomic mass is 16.2. The Balaban J connectivity index is 2.01. The standard InChI is InChI=1S/C14H21N5O/c1-5-18-8-7-13(16-18)10-17(4)14(20)12(3)19-9-6-11(2)15-19/h6-9,12H,5,10H2,1-4H3. The molecule has 0 fully saturated rings. The van der Waals surface area contributed by atoms with Gasteiger partial charge in [-0.2, -0.15) is 10.2 Å². The molecule has 1 atom stereocenters. The van der Waals surface area contributed by atoms with E-state index in [0.717, 1.165) is 17.9 Å². The van der Waals surface area contributed by atoms with E-state index < -0.39 is 0 Å². The average molecular weight is 275 g/mol. The first kappa shape index (κ1) is 14.3. The van der Waals surface area contributed by atoms with Crippen LogP contribution in [0.25, 0.3) is 0 Å². The molecule has 2 heterocycles. The average Bonchev–Trinajstić information content (AvgIpc) is 3.05. The van der Waals surface area contributed by atoms with Crippen molar-refractivity contribution < 1.29 is 4.79 Å². The normalized spacial score (nSPS) is 12.4. The van der Waals surface area contributed by atoms with Gasteiger partial charge in [0.05, 0.1) is 17.9 Å². The number of hydrogen-bond donors (Lipinski definition) is 0. The minimum atomic E-state index is -0.304. The summed E-state index contributed by atoms with van der Waals surface area (Å²) in [4.78, 5) is 14.0. The number of nitrogens with zero attached hydrogens (tertiary/aromatic N) is 5. The molecule has 0 bridgehead atoms. The van der Waals surface area contributed by atoms with Crippen molar-refractivity contribution in [3.8, 4) is 0 Å². The lowest BCUT2D eigenvalue weighted by Crippen LogP contribution is -2.33. The number of hydrogen-bond acceptors (Lipinski definition) is 3. The summed E-state index contributed by atoms with van der Waals surface area (Å²) in [6.07, 6.45) is 3.76. The third kappa shape index (κ3) is 3.07. The monoisotopic (exact) mass is 275 g/mol. The van der Waals surface area contributed by atoms with E-state index >= 15 is 0 Å². The Kier molecular flexibility index (Phi) is 4.22. The smallest absolute Gasteiger partial charge is 0.247 e. The van der Waals surface area contributed by atoms with Crippen molar-refractivity contribution >= 4 is 5.91 Å². The van der Waals surface area contributed by atoms with Gasteiger partial charge in [-0.25, -0.2) is 0 Å². The summed E-state index contributed by atoms with van der Waals surface area (Å²) in [6, 6.07) is 3.53. The Morgan fingerprint density at radius 1 is 1.35 bits per heavy atom. The Labute approximate surface area is 119 Å². The highest BCUT2D eigenvalue weighted by Crippen LogP contribution is 2.11. The van der Waals surface area contributed by atoms with Gasteiger partial charge in [0.15, 0.2) is 0 Å². The van der Waals surface area contributed by atoms with Crippen LogP contribution in [0, 0.1) is 6.92 Å². The van der Waals surface area contributed by atoms with Crippen LogP contribution in [0.4, 0.5) is 0 Å². The van der Waals surface area contributed by atoms with Crippen molar-refractivity contribution in [1.82, 2.24) is 24.5 Å². The van der Waals surface area contributed by atoms with Gasteiger partial charge in [0.1, 0.15) is 6.04 Å². The van der Waals surface area contributed by atoms with Gasteiger partial charge < -0.3 is 4.90 Å². The molecule has 0 aromatic carbocycles. The molecule has 0 saturated carbocycles. The fourth-order valence-electron chi connectivity index (χ4n) is 2.07. The molecule has 0 aliphatic rings. The van der Waals surface area contributed by atoms with Crippen LogP contribution in [0.2, 0.25) is 0 Å². The van der Waals surface area contributed by atoms with E-state index in [2.05, 4.69) is 10.2 Å². The van der Waals surface area contributed by atoms with Gasteiger partial charge in [0, 0.05) is 26.0 Å². The summed E-state index contributed by atoms with van der Waals surface area (Å²) in [7, 11) is 1.79. The zero-order chi connectivity index (χ0) is 14.7. The zero-order valence-electron chi connectivity index (χ0n) is 12.4. The van der Waals surface area contributed by atoms with E-state index in [1.807, 2.05) is 50.0 Å². The first-order valence-corrected chi connectivity index (χ1v) is 6.80. The summed E-state index contributed by atoms with van der Waals surface area (Å²) in [6.45, 7) is 7.15. The van der Waals surface area contributed by atoms with Crippen molar-refractivity contribution in [1.29, 1.82) is 0 Å². The van der Waals surface area contributed by atoms with Crippen LogP contribution >= 0.6 is 0 Å². The topological polar surface area (TPSA) is 56.0 Å². The lowest BCUT2D eigenvalue weighted by Gasteiger charge is -2.20. The van der Waals surface area contributed by atoms with Crippen molar-refractivity contribution in [3.05, 3.63) is 35.9 Å². The molecule has 0 spiro atoms. The summed E-state index contributed by atoms with van der Waals surface area (Å²) in [5, 5.41) is 8.68. The molecular formula is C14H21N5O. The number of rotatable bonds is 5. The molecule has 6 nitrogen and oxygen atoms in total. The molecular weight excluding hydrogens is 254 g/mol. The summed E-state index contributed by atoms with van der Waals surface area (Å²) >= 11 is 0. The Morgan fingerprint density at radius 2 is 2.10 bits per heavy atom. The molecule has 2 aromatic rings. The molecule has 2 rings (SSSR count). The van der Waals surface area contributed by atoms with Crippen LogP contribution < -0.4 is 0 Å². The lowest BCUT2D eigenvalue weighted by molar-refractivity contribution is -0.133. The third-order valence-electron chi connectivity index (χ3n) is 3.29. The molecule has 1 unspecified atom stereocenters. The maximum Gasteiger partial charge on any atom is 0.247 e. The number of aryl methyl sites for hydroxylation is 2. The lowest BCUT2D eigenvalue weighted by atomic mass is 10.3. The highest BCUT2D eigenvalue weighted by molar-refractivity contribution is 5.79. The summed E-state index contributed by atoms with van der Waals surface area (Å²) in [5.74, 6) is 0.0270. The van der Waals surface area contributed by atoms with Crippen LogP contribution in [0.5, 0.6) is 0 Å². The molecule has 2 aromatic heterocycles. The predicted molar refractivity (Wildman–Crippen MR) is 76.1 cm³/mol. The number of carbonyl (C=O) groups excluding carboxylic acids is 1. The number of carbonyl (C=O) groups is 1. The van der Waals surface area contributed by atoms with Gasteiger partial charge in [-0.3, -0.25) is 14.2 Å². The first-order chi connectivity index (χ1) is 9.51.